The van der Waals surface area contributed by atoms with Crippen LogP contribution < -0.4 is 16.0 Å². The van der Waals surface area contributed by atoms with Gasteiger partial charge < -0.3 is 20.7 Å². The van der Waals surface area contributed by atoms with Gasteiger partial charge in [0.2, 0.25) is 5.91 Å². The lowest BCUT2D eigenvalue weighted by atomic mass is 9.85. The molecule has 1 atom stereocenters. The lowest BCUT2D eigenvalue weighted by Gasteiger charge is -2.34. The fraction of sp³-hybridized carbons (Fsp3) is 0.571. The molecule has 3 N–H and O–H groups in total. The van der Waals surface area contributed by atoms with Gasteiger partial charge in [-0.3, -0.25) is 19.3 Å². The van der Waals surface area contributed by atoms with E-state index in [0.717, 1.165) is 31.4 Å². The molecule has 1 aromatic rings. The minimum Gasteiger partial charge on any atom is -0.370 e. The quantitative estimate of drug-likeness (QED) is 0.582. The van der Waals surface area contributed by atoms with Crippen LogP contribution in [0.2, 0.25) is 0 Å². The van der Waals surface area contributed by atoms with E-state index in [0.29, 0.717) is 19.0 Å². The van der Waals surface area contributed by atoms with E-state index in [4.69, 9.17) is 10.5 Å². The Morgan fingerprint density at radius 1 is 1.34 bits per heavy atom. The summed E-state index contributed by atoms with van der Waals surface area (Å²) in [5.74, 6) is -1.96. The molecule has 11 heteroatoms. The van der Waals surface area contributed by atoms with Gasteiger partial charge >= 0.3 is 6.18 Å². The fourth-order valence-corrected chi connectivity index (χ4v) is 3.93. The minimum absolute atomic E-state index is 0.0512. The molecule has 0 bridgehead atoms. The molecule has 3 amide bonds. The lowest BCUT2D eigenvalue weighted by Crippen LogP contribution is -2.53. The Hall–Kier alpha value is -2.66. The summed E-state index contributed by atoms with van der Waals surface area (Å²) in [5.41, 5.74) is 3.88. The molecule has 1 saturated carbocycles. The number of carbonyl (C=O) groups is 3. The van der Waals surface area contributed by atoms with E-state index in [-0.39, 0.29) is 25.4 Å². The van der Waals surface area contributed by atoms with Crippen LogP contribution >= 0.6 is 0 Å². The summed E-state index contributed by atoms with van der Waals surface area (Å²) in [5, 5.41) is 2.23. The van der Waals surface area contributed by atoms with E-state index >= 15 is 0 Å². The largest absolute Gasteiger partial charge is 0.418 e. The number of primary amides is 1. The Morgan fingerprint density at radius 2 is 2.06 bits per heavy atom. The van der Waals surface area contributed by atoms with Crippen molar-refractivity contribution in [1.29, 1.82) is 0 Å². The number of morpholine rings is 1. The number of alkyl halides is 3. The van der Waals surface area contributed by atoms with Gasteiger partial charge in [-0.2, -0.15) is 13.2 Å². The summed E-state index contributed by atoms with van der Waals surface area (Å²) in [6.07, 6.45) is -1.78. The van der Waals surface area contributed by atoms with Crippen molar-refractivity contribution in [3.05, 3.63) is 23.8 Å². The number of carbonyl (C=O) groups excluding carboxylic acids is 3. The maximum absolute atomic E-state index is 13.8. The predicted octanol–water partition coefficient (Wildman–Crippen LogP) is 1.98. The van der Waals surface area contributed by atoms with E-state index < -0.39 is 41.2 Å². The van der Waals surface area contributed by atoms with Crippen molar-refractivity contribution >= 4 is 29.1 Å². The van der Waals surface area contributed by atoms with Crippen LogP contribution in [0.15, 0.2) is 18.2 Å². The highest BCUT2D eigenvalue weighted by atomic mass is 19.4. The summed E-state index contributed by atoms with van der Waals surface area (Å²) in [7, 11) is 0. The van der Waals surface area contributed by atoms with Crippen LogP contribution in [0, 0.1) is 5.92 Å². The summed E-state index contributed by atoms with van der Waals surface area (Å²) >= 11 is 0. The smallest absolute Gasteiger partial charge is 0.370 e. The van der Waals surface area contributed by atoms with Crippen LogP contribution in [-0.4, -0.2) is 61.5 Å². The zero-order valence-corrected chi connectivity index (χ0v) is 17.8. The average Bonchev–Trinajstić information content (AvgIpc) is 2.69. The Kier molecular flexibility index (Phi) is 7.40. The third-order valence-electron chi connectivity index (χ3n) is 5.87. The number of nitrogens with zero attached hydrogens (tertiary/aromatic N) is 2. The van der Waals surface area contributed by atoms with Crippen molar-refractivity contribution in [1.82, 2.24) is 4.90 Å². The van der Waals surface area contributed by atoms with Gasteiger partial charge in [-0.25, -0.2) is 0 Å². The fourth-order valence-electron chi connectivity index (χ4n) is 3.93. The van der Waals surface area contributed by atoms with Crippen LogP contribution in [0.3, 0.4) is 0 Å². The second-order valence-electron chi connectivity index (χ2n) is 8.00. The number of hydrogen-bond donors (Lipinski definition) is 2. The number of hydrogen-bond acceptors (Lipinski definition) is 5. The molecule has 1 aliphatic heterocycles. The topological polar surface area (TPSA) is 105 Å². The number of halogens is 3. The normalized spacial score (nSPS) is 18.4. The standard InChI is InChI=1S/C21H27F3N4O4/c1-2-27(11-13-4-3-5-13)18(19(25)30)20(31)26-16-7-6-14(10-15(16)21(22,23)24)28-8-9-32-12-17(28)29/h6-7,10,13,18H,2-5,8-9,11-12H2,1H3,(H2,25,30)(H,26,31)/t18-/m0/s1. The van der Waals surface area contributed by atoms with Gasteiger partial charge in [0.05, 0.1) is 17.9 Å². The second-order valence-corrected chi connectivity index (χ2v) is 8.00. The predicted molar refractivity (Wildman–Crippen MR) is 111 cm³/mol. The summed E-state index contributed by atoms with van der Waals surface area (Å²) in [6.45, 7) is 2.70. The molecule has 32 heavy (non-hydrogen) atoms. The number of amides is 3. The van der Waals surface area contributed by atoms with Gasteiger partial charge in [-0.05, 0) is 43.5 Å². The maximum Gasteiger partial charge on any atom is 0.418 e. The summed E-state index contributed by atoms with van der Waals surface area (Å²) in [6, 6.07) is 1.82. The molecule has 2 aliphatic rings. The van der Waals surface area contributed by atoms with E-state index in [1.165, 1.54) is 11.0 Å². The third-order valence-corrected chi connectivity index (χ3v) is 5.87. The molecule has 1 aromatic carbocycles. The Labute approximate surface area is 183 Å². The first-order valence-electron chi connectivity index (χ1n) is 10.6. The number of rotatable bonds is 8. The maximum atomic E-state index is 13.8. The molecule has 0 spiro atoms. The van der Waals surface area contributed by atoms with Crippen molar-refractivity contribution in [2.24, 2.45) is 11.7 Å². The molecule has 0 unspecified atom stereocenters. The SMILES string of the molecule is CCN(CC1CCC1)[C@@H](C(N)=O)C(=O)Nc1ccc(N2CCOCC2=O)cc1C(F)(F)F. The number of ether oxygens (including phenoxy) is 1. The van der Waals surface area contributed by atoms with Crippen LogP contribution in [-0.2, 0) is 25.3 Å². The number of anilines is 2. The molecule has 176 valence electrons. The molecule has 1 saturated heterocycles. The van der Waals surface area contributed by atoms with Crippen LogP contribution in [0.5, 0.6) is 0 Å². The molecule has 1 heterocycles. The highest BCUT2D eigenvalue weighted by Gasteiger charge is 2.38. The molecule has 8 nitrogen and oxygen atoms in total. The Morgan fingerprint density at radius 3 is 2.59 bits per heavy atom. The first-order valence-corrected chi connectivity index (χ1v) is 10.6. The van der Waals surface area contributed by atoms with Crippen LogP contribution in [0.25, 0.3) is 0 Å². The third kappa shape index (κ3) is 5.39. The lowest BCUT2D eigenvalue weighted by molar-refractivity contribution is -0.137. The van der Waals surface area contributed by atoms with Crippen molar-refractivity contribution in [2.75, 3.05) is 43.1 Å². The zero-order chi connectivity index (χ0) is 23.5. The zero-order valence-electron chi connectivity index (χ0n) is 17.8. The number of nitrogens with two attached hydrogens (primary N) is 1. The van der Waals surface area contributed by atoms with E-state index in [2.05, 4.69) is 5.32 Å². The molecule has 1 aliphatic carbocycles. The van der Waals surface area contributed by atoms with Gasteiger partial charge in [-0.15, -0.1) is 0 Å². The molecule has 3 rings (SSSR count). The number of likely N-dealkylation sites (N-methyl/N-ethyl adjacent to an activating group) is 1. The van der Waals surface area contributed by atoms with E-state index in [1.54, 1.807) is 11.8 Å². The van der Waals surface area contributed by atoms with Crippen LogP contribution in [0.1, 0.15) is 31.7 Å². The van der Waals surface area contributed by atoms with Gasteiger partial charge in [0.25, 0.3) is 11.8 Å². The summed E-state index contributed by atoms with van der Waals surface area (Å²) in [4.78, 5) is 39.7. The number of nitrogens with one attached hydrogen (secondary N) is 1. The molecular weight excluding hydrogens is 429 g/mol. The van der Waals surface area contributed by atoms with Gasteiger partial charge in [0, 0.05) is 18.8 Å². The van der Waals surface area contributed by atoms with Crippen molar-refractivity contribution < 1.29 is 32.3 Å². The second kappa shape index (κ2) is 9.86. The molecular formula is C21H27F3N4O4. The van der Waals surface area contributed by atoms with E-state index in [1.807, 2.05) is 0 Å². The average molecular weight is 456 g/mol. The number of benzene rings is 1. The first kappa shape index (κ1) is 24.0. The highest BCUT2D eigenvalue weighted by Crippen LogP contribution is 2.38. The highest BCUT2D eigenvalue weighted by molar-refractivity contribution is 6.10. The monoisotopic (exact) mass is 456 g/mol. The molecule has 0 radical (unpaired) electrons. The first-order chi connectivity index (χ1) is 15.1. The minimum atomic E-state index is -4.80. The molecule has 0 aromatic heterocycles. The Bertz CT molecular complexity index is 873. The summed E-state index contributed by atoms with van der Waals surface area (Å²) < 4.78 is 46.3. The van der Waals surface area contributed by atoms with Gasteiger partial charge in [-0.1, -0.05) is 13.3 Å². The molecule has 2 fully saturated rings. The Balaban J connectivity index is 1.85. The van der Waals surface area contributed by atoms with Crippen molar-refractivity contribution in [3.63, 3.8) is 0 Å². The van der Waals surface area contributed by atoms with Gasteiger partial charge in [0.15, 0.2) is 6.04 Å². The van der Waals surface area contributed by atoms with Gasteiger partial charge in [0.1, 0.15) is 6.61 Å². The van der Waals surface area contributed by atoms with E-state index in [9.17, 15) is 27.6 Å². The van der Waals surface area contributed by atoms with Crippen molar-refractivity contribution in [2.45, 2.75) is 38.4 Å². The van der Waals surface area contributed by atoms with Crippen LogP contribution in [0.4, 0.5) is 24.5 Å². The van der Waals surface area contributed by atoms with Crippen molar-refractivity contribution in [3.8, 4) is 0 Å².